The summed E-state index contributed by atoms with van der Waals surface area (Å²) < 4.78 is 50.1. The second-order valence-electron chi connectivity index (χ2n) is 13.2. The average molecular weight is 633 g/mol. The van der Waals surface area contributed by atoms with E-state index < -0.39 is 110 Å². The Hall–Kier alpha value is -0.535. The topological polar surface area (TPSA) is 244 Å². The highest BCUT2D eigenvalue weighted by atomic mass is 16.8. The highest BCUT2D eigenvalue weighted by Crippen LogP contribution is 2.41. The summed E-state index contributed by atoms with van der Waals surface area (Å²) in [6.07, 6.45) is -15.6. The lowest BCUT2D eigenvalue weighted by molar-refractivity contribution is -0.323. The fraction of sp³-hybridized carbons (Fsp3) is 1.00. The molecule has 15 nitrogen and oxygen atoms in total. The zero-order chi connectivity index (χ0) is 32.9. The highest BCUT2D eigenvalue weighted by Gasteiger charge is 2.54. The number of fused-ring (bicyclic) bond motifs is 1. The van der Waals surface area contributed by atoms with Crippen molar-refractivity contribution in [2.24, 2.45) is 29.0 Å². The van der Waals surface area contributed by atoms with Crippen LogP contribution in [-0.4, -0.2) is 150 Å². The van der Waals surface area contributed by atoms with Gasteiger partial charge in [-0.15, -0.1) is 0 Å². The van der Waals surface area contributed by atoms with Crippen LogP contribution in [0.15, 0.2) is 0 Å². The summed E-state index contributed by atoms with van der Waals surface area (Å²) in [4.78, 5) is 0. The number of hydrogen-bond acceptors (Lipinski definition) is 15. The Kier molecular flexibility index (Phi) is 10.5. The van der Waals surface area contributed by atoms with E-state index in [2.05, 4.69) is 0 Å². The SMILES string of the molecule is [2H]C[C@H]1O[C@@H](O[C@@H]2C(O)[C@H](C)CC(N)[C@H]2O[C@H]2OC3C(C)CC(C)O[C@H]3[C@H](O)C2[B])C(O)[C@H]1O[C@H]1OC(CN)[C@@H](O)C(O)C1N. The second kappa shape index (κ2) is 13.9. The van der Waals surface area contributed by atoms with E-state index in [0.29, 0.717) is 6.42 Å². The van der Waals surface area contributed by atoms with Gasteiger partial charge in [0.05, 0.1) is 44.4 Å². The first-order valence-electron chi connectivity index (χ1n) is 16.2. The monoisotopic (exact) mass is 632 g/mol. The summed E-state index contributed by atoms with van der Waals surface area (Å²) in [5.74, 6) is -1.25. The maximum Gasteiger partial charge on any atom is 0.187 e. The van der Waals surface area contributed by atoms with Gasteiger partial charge in [0.2, 0.25) is 0 Å². The van der Waals surface area contributed by atoms with E-state index in [1.165, 1.54) is 0 Å². The van der Waals surface area contributed by atoms with Crippen LogP contribution in [0.5, 0.6) is 0 Å². The molecule has 252 valence electrons. The van der Waals surface area contributed by atoms with Crippen molar-refractivity contribution in [3.05, 3.63) is 0 Å². The minimum absolute atomic E-state index is 0.0521. The molecule has 11 N–H and O–H groups in total. The summed E-state index contributed by atoms with van der Waals surface area (Å²) in [5, 5.41) is 54.1. The number of hydrogen-bond donors (Lipinski definition) is 8. The maximum atomic E-state index is 11.3. The molecule has 4 saturated heterocycles. The van der Waals surface area contributed by atoms with Gasteiger partial charge in [0.15, 0.2) is 18.9 Å². The van der Waals surface area contributed by atoms with Crippen LogP contribution in [0.3, 0.4) is 0 Å². The summed E-state index contributed by atoms with van der Waals surface area (Å²) in [6.45, 7) is 5.27. The first kappa shape index (κ1) is 33.4. The summed E-state index contributed by atoms with van der Waals surface area (Å²) in [7, 11) is 6.38. The molecule has 21 atom stereocenters. The third-order valence-electron chi connectivity index (χ3n) is 9.77. The molecule has 0 aromatic heterocycles. The van der Waals surface area contributed by atoms with Crippen molar-refractivity contribution >= 4 is 7.85 Å². The molecule has 5 fully saturated rings. The van der Waals surface area contributed by atoms with Crippen LogP contribution >= 0.6 is 0 Å². The molecule has 16 heteroatoms. The van der Waals surface area contributed by atoms with Crippen molar-refractivity contribution in [1.29, 1.82) is 0 Å². The predicted octanol–water partition coefficient (Wildman–Crippen LogP) is -3.44. The Morgan fingerprint density at radius 3 is 2.09 bits per heavy atom. The molecule has 0 amide bonds. The van der Waals surface area contributed by atoms with Crippen molar-refractivity contribution in [1.82, 2.24) is 0 Å². The molecule has 44 heavy (non-hydrogen) atoms. The number of ether oxygens (including phenoxy) is 7. The molecule has 10 unspecified atom stereocenters. The lowest BCUT2D eigenvalue weighted by Crippen LogP contribution is -2.64. The predicted molar refractivity (Wildman–Crippen MR) is 153 cm³/mol. The van der Waals surface area contributed by atoms with Crippen molar-refractivity contribution in [2.75, 3.05) is 6.54 Å². The number of aliphatic hydroxyl groups is 5. The van der Waals surface area contributed by atoms with E-state index in [1.54, 1.807) is 6.92 Å². The average Bonchev–Trinajstić information content (AvgIpc) is 3.30. The third kappa shape index (κ3) is 6.59. The fourth-order valence-corrected chi connectivity index (χ4v) is 7.14. The zero-order valence-corrected chi connectivity index (χ0v) is 25.4. The molecule has 1 aliphatic carbocycles. The van der Waals surface area contributed by atoms with Gasteiger partial charge in [-0.2, -0.15) is 0 Å². The smallest absolute Gasteiger partial charge is 0.187 e. The standard InChI is InChI=1S/C28H50BN3O12/c1-8-6-12(31)23(43-26-14(29)18(35)25-21(41-26)9(2)5-10(3)38-25)24(16(8)33)44-28-20(37)22(11(4)39-28)42-27-15(32)19(36)17(34)13(7-30)40-27/h8-28,33-37H,5-7,30-32H2,1-4H3/t8-,9?,10?,11-,12?,13?,14?,15?,16?,17-,18-,19?,20?,21?,22+,23-,24-,25+,26-,27-,28+/m1/s1/i4D. The van der Waals surface area contributed by atoms with E-state index in [-0.39, 0.29) is 31.4 Å². The van der Waals surface area contributed by atoms with Gasteiger partial charge in [0.25, 0.3) is 0 Å². The van der Waals surface area contributed by atoms with Crippen LogP contribution in [0.1, 0.15) is 41.9 Å². The van der Waals surface area contributed by atoms with Gasteiger partial charge in [0.1, 0.15) is 48.8 Å². The molecule has 4 heterocycles. The molecule has 2 radical (unpaired) electrons. The minimum Gasteiger partial charge on any atom is -0.391 e. The Balaban J connectivity index is 1.30. The highest BCUT2D eigenvalue weighted by molar-refractivity contribution is 6.12. The van der Waals surface area contributed by atoms with Crippen LogP contribution in [0.25, 0.3) is 0 Å². The van der Waals surface area contributed by atoms with Crippen molar-refractivity contribution < 1.29 is 60.1 Å². The largest absolute Gasteiger partial charge is 0.391 e. The maximum absolute atomic E-state index is 11.3. The van der Waals surface area contributed by atoms with Crippen LogP contribution in [0.4, 0.5) is 0 Å². The van der Waals surface area contributed by atoms with Crippen LogP contribution in [-0.2, 0) is 33.2 Å². The molecule has 4 aliphatic heterocycles. The fourth-order valence-electron chi connectivity index (χ4n) is 7.14. The van der Waals surface area contributed by atoms with Gasteiger partial charge in [-0.3, -0.25) is 0 Å². The molecular formula is C28H50BN3O12. The van der Waals surface area contributed by atoms with Gasteiger partial charge in [-0.1, -0.05) is 13.8 Å². The third-order valence-corrected chi connectivity index (χ3v) is 9.77. The number of nitrogens with two attached hydrogens (primary N) is 3. The Morgan fingerprint density at radius 2 is 1.41 bits per heavy atom. The Bertz CT molecular complexity index is 982. The van der Waals surface area contributed by atoms with E-state index in [0.717, 1.165) is 6.42 Å². The summed E-state index contributed by atoms with van der Waals surface area (Å²) >= 11 is 0. The lowest BCUT2D eigenvalue weighted by atomic mass is 9.73. The van der Waals surface area contributed by atoms with E-state index >= 15 is 0 Å². The molecule has 0 aromatic rings. The molecule has 1 saturated carbocycles. The van der Waals surface area contributed by atoms with E-state index in [4.69, 9.17) is 59.6 Å². The van der Waals surface area contributed by atoms with E-state index in [1.807, 2.05) is 13.8 Å². The van der Waals surface area contributed by atoms with Crippen molar-refractivity contribution in [2.45, 2.75) is 157 Å². The molecule has 5 aliphatic rings. The zero-order valence-electron chi connectivity index (χ0n) is 26.4. The van der Waals surface area contributed by atoms with Gasteiger partial charge >= 0.3 is 0 Å². The van der Waals surface area contributed by atoms with Crippen LogP contribution < -0.4 is 17.2 Å². The normalized spacial score (nSPS) is 57.1. The van der Waals surface area contributed by atoms with Gasteiger partial charge < -0.3 is 75.9 Å². The Labute approximate surface area is 260 Å². The molecule has 5 rings (SSSR count). The first-order valence-corrected chi connectivity index (χ1v) is 15.5. The second-order valence-corrected chi connectivity index (χ2v) is 13.2. The molecule has 0 bridgehead atoms. The van der Waals surface area contributed by atoms with Crippen molar-refractivity contribution in [3.8, 4) is 0 Å². The molecule has 0 spiro atoms. The first-order chi connectivity index (χ1) is 21.3. The Morgan fingerprint density at radius 1 is 0.727 bits per heavy atom. The molecule has 0 aromatic carbocycles. The van der Waals surface area contributed by atoms with Crippen LogP contribution in [0, 0.1) is 11.8 Å². The quantitative estimate of drug-likeness (QED) is 0.127. The lowest BCUT2D eigenvalue weighted by Gasteiger charge is -2.51. The minimum atomic E-state index is -1.49. The summed E-state index contributed by atoms with van der Waals surface area (Å²) in [6, 6.07) is -1.83. The van der Waals surface area contributed by atoms with E-state index in [9.17, 15) is 25.5 Å². The van der Waals surface area contributed by atoms with Gasteiger partial charge in [0, 0.05) is 19.8 Å². The number of aliphatic hydroxyl groups excluding tert-OH is 5. The van der Waals surface area contributed by atoms with Crippen LogP contribution in [0.2, 0.25) is 5.82 Å². The summed E-state index contributed by atoms with van der Waals surface area (Å²) in [5.41, 5.74) is 18.2. The van der Waals surface area contributed by atoms with Gasteiger partial charge in [-0.05, 0) is 38.5 Å². The van der Waals surface area contributed by atoms with Crippen molar-refractivity contribution in [3.63, 3.8) is 0 Å². The van der Waals surface area contributed by atoms with Gasteiger partial charge in [-0.25, -0.2) is 0 Å². The number of rotatable bonds is 7. The molecular weight excluding hydrogens is 581 g/mol.